The van der Waals surface area contributed by atoms with E-state index in [1.54, 1.807) is 0 Å². The van der Waals surface area contributed by atoms with Gasteiger partial charge >= 0.3 is 0 Å². The summed E-state index contributed by atoms with van der Waals surface area (Å²) >= 11 is 0. The first kappa shape index (κ1) is 29.8. The van der Waals surface area contributed by atoms with Crippen LogP contribution >= 0.6 is 0 Å². The fraction of sp³-hybridized carbons (Fsp3) is 0.970. The zero-order valence-corrected chi connectivity index (χ0v) is 27.0. The second kappa shape index (κ2) is 10.3. The summed E-state index contributed by atoms with van der Waals surface area (Å²) in [6, 6.07) is 0. The van der Waals surface area contributed by atoms with Crippen LogP contribution in [0.15, 0.2) is 0 Å². The Morgan fingerprint density at radius 1 is 0.973 bits per heavy atom. The van der Waals surface area contributed by atoms with Gasteiger partial charge in [-0.15, -0.1) is 0 Å². The molecule has 4 heteroatoms. The van der Waals surface area contributed by atoms with Crippen molar-refractivity contribution in [2.24, 2.45) is 52.3 Å². The van der Waals surface area contributed by atoms with Crippen molar-refractivity contribution in [3.63, 3.8) is 0 Å². The first-order valence-electron chi connectivity index (χ1n) is 15.9. The molecule has 4 saturated carbocycles. The molecular weight excluding hydrogens is 472 g/mol. The molecule has 0 saturated heterocycles. The van der Waals surface area contributed by atoms with Crippen LogP contribution in [0.1, 0.15) is 120 Å². The molecule has 0 amide bonds. The average molecular weight is 533 g/mol. The van der Waals surface area contributed by atoms with Crippen molar-refractivity contribution in [2.45, 2.75) is 150 Å². The van der Waals surface area contributed by atoms with E-state index in [0.29, 0.717) is 59.7 Å². The zero-order valence-electron chi connectivity index (χ0n) is 26.0. The van der Waals surface area contributed by atoms with Crippen LogP contribution in [0.5, 0.6) is 0 Å². The number of carbonyl (C=O) groups excluding carboxylic acids is 1. The van der Waals surface area contributed by atoms with E-state index in [9.17, 15) is 9.90 Å². The highest BCUT2D eigenvalue weighted by molar-refractivity contribution is 6.74. The molecule has 0 spiro atoms. The molecule has 4 aliphatic rings. The van der Waals surface area contributed by atoms with Gasteiger partial charge in [0.2, 0.25) is 0 Å². The third-order valence-corrected chi connectivity index (χ3v) is 17.3. The maximum absolute atomic E-state index is 12.7. The molecule has 0 radical (unpaired) electrons. The first-order chi connectivity index (χ1) is 17.0. The Labute approximate surface area is 230 Å². The molecule has 1 unspecified atom stereocenters. The summed E-state index contributed by atoms with van der Waals surface area (Å²) in [5, 5.41) is 11.8. The zero-order chi connectivity index (χ0) is 27.6. The third-order valence-electron chi connectivity index (χ3n) is 12.8. The van der Waals surface area contributed by atoms with Crippen LogP contribution < -0.4 is 0 Å². The second-order valence-corrected chi connectivity index (χ2v) is 21.4. The highest BCUT2D eigenvalue weighted by Gasteiger charge is 2.63. The van der Waals surface area contributed by atoms with Gasteiger partial charge in [-0.05, 0) is 122 Å². The van der Waals surface area contributed by atoms with Crippen molar-refractivity contribution in [2.75, 3.05) is 0 Å². The van der Waals surface area contributed by atoms with Crippen molar-refractivity contribution in [3.05, 3.63) is 0 Å². The van der Waals surface area contributed by atoms with E-state index in [0.717, 1.165) is 18.3 Å². The van der Waals surface area contributed by atoms with Gasteiger partial charge in [0, 0.05) is 18.9 Å². The maximum atomic E-state index is 12.7. The van der Waals surface area contributed by atoms with E-state index < -0.39 is 8.32 Å². The van der Waals surface area contributed by atoms with Crippen LogP contribution in [-0.4, -0.2) is 31.4 Å². The summed E-state index contributed by atoms with van der Waals surface area (Å²) in [4.78, 5) is 12.7. The number of hydrogen-bond acceptors (Lipinski definition) is 3. The van der Waals surface area contributed by atoms with Crippen LogP contribution in [0.2, 0.25) is 18.1 Å². The van der Waals surface area contributed by atoms with E-state index >= 15 is 0 Å². The molecule has 214 valence electrons. The minimum absolute atomic E-state index is 0.184. The lowest BCUT2D eigenvalue weighted by atomic mass is 9.44. The van der Waals surface area contributed by atoms with Crippen molar-refractivity contribution >= 4 is 14.1 Å². The number of hydrogen-bond donors (Lipinski definition) is 1. The molecule has 10 atom stereocenters. The topological polar surface area (TPSA) is 46.5 Å². The van der Waals surface area contributed by atoms with Crippen molar-refractivity contribution in [3.8, 4) is 0 Å². The minimum atomic E-state index is -1.74. The lowest BCUT2D eigenvalue weighted by molar-refractivity contribution is -0.142. The summed E-state index contributed by atoms with van der Waals surface area (Å²) in [7, 11) is -1.74. The van der Waals surface area contributed by atoms with Gasteiger partial charge in [-0.2, -0.15) is 0 Å². The summed E-state index contributed by atoms with van der Waals surface area (Å²) in [5.41, 5.74) is 0.581. The largest absolute Gasteiger partial charge is 0.414 e. The maximum Gasteiger partial charge on any atom is 0.192 e. The Morgan fingerprint density at radius 2 is 1.62 bits per heavy atom. The summed E-state index contributed by atoms with van der Waals surface area (Å²) in [6.45, 7) is 23.6. The minimum Gasteiger partial charge on any atom is -0.414 e. The van der Waals surface area contributed by atoms with Crippen molar-refractivity contribution in [1.29, 1.82) is 0 Å². The summed E-state index contributed by atoms with van der Waals surface area (Å²) in [6.07, 6.45) is 11.4. The Bertz CT molecular complexity index is 830. The van der Waals surface area contributed by atoms with Gasteiger partial charge in [-0.1, -0.05) is 55.4 Å². The van der Waals surface area contributed by atoms with Gasteiger partial charge in [0.1, 0.15) is 5.78 Å². The van der Waals surface area contributed by atoms with Crippen LogP contribution in [-0.2, 0) is 9.22 Å². The monoisotopic (exact) mass is 532 g/mol. The van der Waals surface area contributed by atoms with Gasteiger partial charge in [0.25, 0.3) is 0 Å². The van der Waals surface area contributed by atoms with E-state index in [2.05, 4.69) is 68.5 Å². The predicted molar refractivity (Wildman–Crippen MR) is 157 cm³/mol. The SMILES string of the molecule is CC(C)CC(=O)CC(C)[C@H]1C[C@@H](O)[C@H]2[C@@H]3CC[C@H]4C[C@@H](O[Si](C)(C)C(C)(C)C)CC[C@]4(C)[C@H]3CC[C@@]21C. The van der Waals surface area contributed by atoms with Gasteiger partial charge in [0.15, 0.2) is 8.32 Å². The van der Waals surface area contributed by atoms with E-state index in [1.165, 1.54) is 44.9 Å². The summed E-state index contributed by atoms with van der Waals surface area (Å²) in [5.74, 6) is 4.28. The standard InChI is InChI=1S/C33H60O3Si/c1-21(2)17-24(34)18-22(3)28-20-29(35)30-26-12-11-23-19-25(36-37(9,10)31(4,5)6)13-15-32(23,7)27(26)14-16-33(28,30)8/h21-23,25-30,35H,11-20H2,1-10H3/t22?,23-,25-,26+,27-,28+,29+,30+,32-,33+/m0/s1. The normalized spacial score (nSPS) is 43.2. The Morgan fingerprint density at radius 3 is 2.24 bits per heavy atom. The summed E-state index contributed by atoms with van der Waals surface area (Å²) < 4.78 is 6.94. The number of fused-ring (bicyclic) bond motifs is 5. The number of aliphatic hydroxyl groups is 1. The van der Waals surface area contributed by atoms with Crippen LogP contribution in [0.25, 0.3) is 0 Å². The van der Waals surface area contributed by atoms with Gasteiger partial charge < -0.3 is 9.53 Å². The molecule has 0 aliphatic heterocycles. The van der Waals surface area contributed by atoms with Gasteiger partial charge in [-0.3, -0.25) is 4.79 Å². The van der Waals surface area contributed by atoms with Crippen LogP contribution in [0.4, 0.5) is 0 Å². The molecule has 37 heavy (non-hydrogen) atoms. The average Bonchev–Trinajstić information content (AvgIpc) is 3.03. The molecule has 4 aliphatic carbocycles. The molecule has 0 bridgehead atoms. The molecule has 4 fully saturated rings. The number of carbonyl (C=O) groups is 1. The Hall–Kier alpha value is -0.193. The molecule has 0 heterocycles. The van der Waals surface area contributed by atoms with E-state index in [-0.39, 0.29) is 16.6 Å². The fourth-order valence-corrected chi connectivity index (χ4v) is 11.4. The number of rotatable bonds is 7. The quantitative estimate of drug-likeness (QED) is 0.334. The molecule has 0 aromatic carbocycles. The number of ketones is 1. The van der Waals surface area contributed by atoms with E-state index in [1.807, 2.05) is 0 Å². The van der Waals surface area contributed by atoms with Crippen molar-refractivity contribution in [1.82, 2.24) is 0 Å². The Balaban J connectivity index is 1.46. The lowest BCUT2D eigenvalue weighted by Crippen LogP contribution is -2.56. The van der Waals surface area contributed by atoms with Gasteiger partial charge in [-0.25, -0.2) is 0 Å². The highest BCUT2D eigenvalue weighted by Crippen LogP contribution is 2.68. The molecule has 4 rings (SSSR count). The molecule has 3 nitrogen and oxygen atoms in total. The van der Waals surface area contributed by atoms with Crippen LogP contribution in [0.3, 0.4) is 0 Å². The van der Waals surface area contributed by atoms with Crippen molar-refractivity contribution < 1.29 is 14.3 Å². The fourth-order valence-electron chi connectivity index (χ4n) is 9.95. The smallest absolute Gasteiger partial charge is 0.192 e. The molecule has 0 aromatic heterocycles. The number of Topliss-reactive ketones (excluding diaryl/α,β-unsaturated/α-hetero) is 1. The predicted octanol–water partition coefficient (Wildman–Crippen LogP) is 8.65. The third kappa shape index (κ3) is 5.43. The highest BCUT2D eigenvalue weighted by atomic mass is 28.4. The molecule has 0 aromatic rings. The number of aliphatic hydroxyl groups excluding tert-OH is 1. The molecular formula is C33H60O3Si. The second-order valence-electron chi connectivity index (χ2n) is 16.6. The Kier molecular flexibility index (Phi) is 8.31. The van der Waals surface area contributed by atoms with Crippen LogP contribution in [0, 0.1) is 52.3 Å². The van der Waals surface area contributed by atoms with Gasteiger partial charge in [0.05, 0.1) is 6.10 Å². The van der Waals surface area contributed by atoms with E-state index in [4.69, 9.17) is 4.43 Å². The molecule has 1 N–H and O–H groups in total. The first-order valence-corrected chi connectivity index (χ1v) is 18.8. The lowest BCUT2D eigenvalue weighted by Gasteiger charge is -2.62.